The van der Waals surface area contributed by atoms with E-state index in [0.717, 1.165) is 0 Å². The van der Waals surface area contributed by atoms with E-state index in [9.17, 15) is 15.0 Å². The number of aldehydes is 1. The Morgan fingerprint density at radius 2 is 2.13 bits per heavy atom. The van der Waals surface area contributed by atoms with Gasteiger partial charge in [0.1, 0.15) is 12.4 Å². The van der Waals surface area contributed by atoms with Crippen LogP contribution >= 0.6 is 27.5 Å². The molecule has 0 aromatic heterocycles. The predicted octanol–water partition coefficient (Wildman–Crippen LogP) is 1.94. The molecule has 0 bridgehead atoms. The van der Waals surface area contributed by atoms with Gasteiger partial charge in [-0.25, -0.2) is 0 Å². The highest BCUT2D eigenvalue weighted by Gasteiger charge is 2.19. The highest BCUT2D eigenvalue weighted by molar-refractivity contribution is 9.09. The second-order valence-electron chi connectivity index (χ2n) is 3.07. The molecule has 5 heteroatoms. The Bertz CT molecular complexity index is 357. The molecule has 3 nitrogen and oxygen atoms in total. The van der Waals surface area contributed by atoms with Crippen LogP contribution in [0.25, 0.3) is 0 Å². The van der Waals surface area contributed by atoms with Gasteiger partial charge in [-0.2, -0.15) is 0 Å². The Hall–Kier alpha value is -0.420. The summed E-state index contributed by atoms with van der Waals surface area (Å²) >= 11 is 8.91. The fourth-order valence-electron chi connectivity index (χ4n) is 1.15. The van der Waals surface area contributed by atoms with Gasteiger partial charge in [0.25, 0.3) is 0 Å². The number of carbonyl (C=O) groups excluding carboxylic acids is 1. The molecule has 0 spiro atoms. The van der Waals surface area contributed by atoms with Gasteiger partial charge in [-0.1, -0.05) is 39.7 Å². The molecule has 0 aliphatic heterocycles. The maximum atomic E-state index is 10.5. The predicted molar refractivity (Wildman–Crippen MR) is 61.6 cm³/mol. The van der Waals surface area contributed by atoms with Crippen LogP contribution in [0.4, 0.5) is 0 Å². The van der Waals surface area contributed by atoms with Gasteiger partial charge in [0.05, 0.1) is 6.10 Å². The largest absolute Gasteiger partial charge is 0.389 e. The lowest BCUT2D eigenvalue weighted by atomic mass is 10.0. The monoisotopic (exact) mass is 292 g/mol. The molecule has 15 heavy (non-hydrogen) atoms. The van der Waals surface area contributed by atoms with Gasteiger partial charge >= 0.3 is 0 Å². The molecular formula is C10H10BrClO3. The van der Waals surface area contributed by atoms with Crippen LogP contribution < -0.4 is 0 Å². The number of benzene rings is 1. The van der Waals surface area contributed by atoms with Crippen molar-refractivity contribution in [3.63, 3.8) is 0 Å². The van der Waals surface area contributed by atoms with Crippen LogP contribution in [0.3, 0.4) is 0 Å². The molecule has 0 aliphatic carbocycles. The minimum Gasteiger partial charge on any atom is -0.389 e. The van der Waals surface area contributed by atoms with Crippen LogP contribution in [-0.2, 0) is 0 Å². The summed E-state index contributed by atoms with van der Waals surface area (Å²) in [5.41, 5.74) is 0.846. The van der Waals surface area contributed by atoms with Crippen LogP contribution in [0, 0.1) is 0 Å². The lowest BCUT2D eigenvalue weighted by Crippen LogP contribution is -2.19. The van der Waals surface area contributed by atoms with Crippen molar-refractivity contribution in [3.8, 4) is 0 Å². The lowest BCUT2D eigenvalue weighted by Gasteiger charge is -2.17. The minimum absolute atomic E-state index is 0.250. The number of halogens is 2. The summed E-state index contributed by atoms with van der Waals surface area (Å²) in [5.74, 6) is 0. The standard InChI is InChI=1S/C10H10BrClO3/c11-4-9(14)10(15)7-2-1-6(5-13)3-8(7)12/h1-3,5,9-10,14-15H,4H2. The quantitative estimate of drug-likeness (QED) is 0.659. The molecule has 0 heterocycles. The van der Waals surface area contributed by atoms with Crippen molar-refractivity contribution in [1.29, 1.82) is 0 Å². The lowest BCUT2D eigenvalue weighted by molar-refractivity contribution is 0.0343. The van der Waals surface area contributed by atoms with Crippen molar-refractivity contribution >= 4 is 33.8 Å². The summed E-state index contributed by atoms with van der Waals surface area (Å²) in [4.78, 5) is 10.5. The Morgan fingerprint density at radius 3 is 2.60 bits per heavy atom. The first-order valence-corrected chi connectivity index (χ1v) is 5.76. The second kappa shape index (κ2) is 5.61. The van der Waals surface area contributed by atoms with Crippen molar-refractivity contribution < 1.29 is 15.0 Å². The van der Waals surface area contributed by atoms with Crippen molar-refractivity contribution in [2.24, 2.45) is 0 Å². The minimum atomic E-state index is -1.06. The van der Waals surface area contributed by atoms with Crippen LogP contribution in [0.2, 0.25) is 5.02 Å². The molecule has 1 aromatic rings. The van der Waals surface area contributed by atoms with Crippen LogP contribution in [0.5, 0.6) is 0 Å². The zero-order chi connectivity index (χ0) is 11.4. The van der Waals surface area contributed by atoms with E-state index in [1.54, 1.807) is 6.07 Å². The third kappa shape index (κ3) is 3.01. The average Bonchev–Trinajstić information content (AvgIpc) is 2.26. The number of aliphatic hydroxyl groups is 2. The Balaban J connectivity index is 2.99. The van der Waals surface area contributed by atoms with Gasteiger partial charge in [0.15, 0.2) is 0 Å². The van der Waals surface area contributed by atoms with Gasteiger partial charge in [-0.15, -0.1) is 0 Å². The third-order valence-corrected chi connectivity index (χ3v) is 2.99. The molecule has 2 unspecified atom stereocenters. The van der Waals surface area contributed by atoms with E-state index in [1.807, 2.05) is 0 Å². The summed E-state index contributed by atoms with van der Waals surface area (Å²) in [6, 6.07) is 4.52. The topological polar surface area (TPSA) is 57.5 Å². The molecule has 0 aliphatic rings. The van der Waals surface area contributed by atoms with Gasteiger partial charge < -0.3 is 10.2 Å². The first-order valence-electron chi connectivity index (χ1n) is 4.27. The van der Waals surface area contributed by atoms with Crippen LogP contribution in [0.1, 0.15) is 22.0 Å². The van der Waals surface area contributed by atoms with E-state index >= 15 is 0 Å². The summed E-state index contributed by atoms with van der Waals surface area (Å²) in [7, 11) is 0. The number of hydrogen-bond donors (Lipinski definition) is 2. The van der Waals surface area contributed by atoms with E-state index in [4.69, 9.17) is 11.6 Å². The molecule has 1 aromatic carbocycles. The summed E-state index contributed by atoms with van der Waals surface area (Å²) in [5, 5.41) is 19.6. The van der Waals surface area contributed by atoms with Crippen molar-refractivity contribution in [1.82, 2.24) is 0 Å². The normalized spacial score (nSPS) is 14.7. The number of carbonyl (C=O) groups is 1. The molecule has 2 N–H and O–H groups in total. The zero-order valence-electron chi connectivity index (χ0n) is 7.73. The fraction of sp³-hybridized carbons (Fsp3) is 0.300. The summed E-state index contributed by atoms with van der Waals surface area (Å²) < 4.78 is 0. The average molecular weight is 294 g/mol. The second-order valence-corrected chi connectivity index (χ2v) is 4.12. The van der Waals surface area contributed by atoms with Crippen LogP contribution in [-0.4, -0.2) is 27.9 Å². The number of rotatable bonds is 4. The van der Waals surface area contributed by atoms with Crippen molar-refractivity contribution in [2.75, 3.05) is 5.33 Å². The van der Waals surface area contributed by atoms with Gasteiger partial charge in [-0.05, 0) is 6.07 Å². The maximum absolute atomic E-state index is 10.5. The Kier molecular flexibility index (Phi) is 4.73. The first kappa shape index (κ1) is 12.6. The number of hydrogen-bond acceptors (Lipinski definition) is 3. The van der Waals surface area contributed by atoms with Gasteiger partial charge in [0.2, 0.25) is 0 Å². The summed E-state index contributed by atoms with van der Waals surface area (Å²) in [6.45, 7) is 0. The maximum Gasteiger partial charge on any atom is 0.150 e. The van der Waals surface area contributed by atoms with Crippen molar-refractivity contribution in [2.45, 2.75) is 12.2 Å². The van der Waals surface area contributed by atoms with Crippen LogP contribution in [0.15, 0.2) is 18.2 Å². The number of alkyl halides is 1. The van der Waals surface area contributed by atoms with Gasteiger partial charge in [-0.3, -0.25) is 4.79 Å². The molecule has 82 valence electrons. The molecule has 0 radical (unpaired) electrons. The SMILES string of the molecule is O=Cc1ccc(C(O)C(O)CBr)c(Cl)c1. The van der Waals surface area contributed by atoms with Gasteiger partial charge in [0, 0.05) is 21.5 Å². The van der Waals surface area contributed by atoms with E-state index < -0.39 is 12.2 Å². The Morgan fingerprint density at radius 1 is 1.47 bits per heavy atom. The molecule has 0 saturated heterocycles. The number of aliphatic hydroxyl groups excluding tert-OH is 2. The molecule has 0 amide bonds. The van der Waals surface area contributed by atoms with E-state index in [2.05, 4.69) is 15.9 Å². The van der Waals surface area contributed by atoms with E-state index in [1.165, 1.54) is 12.1 Å². The first-order chi connectivity index (χ1) is 7.10. The smallest absolute Gasteiger partial charge is 0.150 e. The fourth-order valence-corrected chi connectivity index (χ4v) is 1.80. The molecule has 0 fully saturated rings. The molecule has 1 rings (SSSR count). The summed E-state index contributed by atoms with van der Waals surface area (Å²) in [6.07, 6.45) is -1.31. The molecular weight excluding hydrogens is 283 g/mol. The van der Waals surface area contributed by atoms with E-state index in [-0.39, 0.29) is 10.4 Å². The molecule has 2 atom stereocenters. The highest BCUT2D eigenvalue weighted by atomic mass is 79.9. The Labute approximate surface area is 101 Å². The van der Waals surface area contributed by atoms with Crippen molar-refractivity contribution in [3.05, 3.63) is 34.3 Å². The molecule has 0 saturated carbocycles. The third-order valence-electron chi connectivity index (χ3n) is 2.00. The highest BCUT2D eigenvalue weighted by Crippen LogP contribution is 2.26. The zero-order valence-corrected chi connectivity index (χ0v) is 10.1. The van der Waals surface area contributed by atoms with E-state index in [0.29, 0.717) is 17.4 Å².